The van der Waals surface area contributed by atoms with Crippen molar-refractivity contribution in [3.8, 4) is 5.75 Å². The second-order valence-corrected chi connectivity index (χ2v) is 9.12. The topological polar surface area (TPSA) is 80.2 Å². The number of hydrogen-bond acceptors (Lipinski definition) is 6. The molecule has 1 aliphatic heterocycles. The summed E-state index contributed by atoms with van der Waals surface area (Å²) in [5, 5.41) is 4.30. The van der Waals surface area contributed by atoms with Crippen LogP contribution in [0.4, 0.5) is 5.95 Å². The normalized spacial score (nSPS) is 15.0. The maximum Gasteiger partial charge on any atom is 0.226 e. The molecule has 2 aromatic carbocycles. The SMILES string of the molecule is CCOc1ccc2nc(N3CCC(C(=O)N[C@H](c4ccccc4)c4ccncc4)CC3)nc(C)c2c1. The Labute approximate surface area is 211 Å². The molecule has 1 amide bonds. The van der Waals surface area contributed by atoms with Gasteiger partial charge in [-0.25, -0.2) is 9.97 Å². The summed E-state index contributed by atoms with van der Waals surface area (Å²) >= 11 is 0. The second-order valence-electron chi connectivity index (χ2n) is 9.12. The van der Waals surface area contributed by atoms with Gasteiger partial charge in [0.1, 0.15) is 5.75 Å². The lowest BCUT2D eigenvalue weighted by molar-refractivity contribution is -0.126. The summed E-state index contributed by atoms with van der Waals surface area (Å²) in [7, 11) is 0. The number of piperidine rings is 1. The number of pyridine rings is 1. The van der Waals surface area contributed by atoms with Crippen LogP contribution in [0.3, 0.4) is 0 Å². The van der Waals surface area contributed by atoms with Crippen LogP contribution in [0.5, 0.6) is 5.75 Å². The summed E-state index contributed by atoms with van der Waals surface area (Å²) in [6.45, 7) is 6.09. The van der Waals surface area contributed by atoms with E-state index in [1.165, 1.54) is 0 Å². The number of aromatic nitrogens is 3. The highest BCUT2D eigenvalue weighted by atomic mass is 16.5. The Balaban J connectivity index is 1.27. The van der Waals surface area contributed by atoms with Crippen LogP contribution in [0, 0.1) is 12.8 Å². The maximum atomic E-state index is 13.3. The molecule has 0 saturated carbocycles. The van der Waals surface area contributed by atoms with E-state index in [4.69, 9.17) is 14.7 Å². The molecule has 0 spiro atoms. The Hall–Kier alpha value is -4.00. The van der Waals surface area contributed by atoms with Crippen LogP contribution < -0.4 is 15.0 Å². The molecule has 2 aromatic heterocycles. The van der Waals surface area contributed by atoms with Gasteiger partial charge in [-0.15, -0.1) is 0 Å². The number of hydrogen-bond donors (Lipinski definition) is 1. The third-order valence-electron chi connectivity index (χ3n) is 6.76. The number of fused-ring (bicyclic) bond motifs is 1. The minimum atomic E-state index is -0.201. The predicted molar refractivity (Wildman–Crippen MR) is 141 cm³/mol. The van der Waals surface area contributed by atoms with E-state index in [2.05, 4.69) is 15.2 Å². The molecule has 7 nitrogen and oxygen atoms in total. The molecule has 0 radical (unpaired) electrons. The number of anilines is 1. The summed E-state index contributed by atoms with van der Waals surface area (Å²) in [6.07, 6.45) is 5.04. The van der Waals surface area contributed by atoms with Crippen molar-refractivity contribution in [3.05, 3.63) is 89.9 Å². The average molecular weight is 482 g/mol. The lowest BCUT2D eigenvalue weighted by Crippen LogP contribution is -2.42. The first-order valence-electron chi connectivity index (χ1n) is 12.5. The van der Waals surface area contributed by atoms with Crippen LogP contribution in [0.1, 0.15) is 42.6 Å². The van der Waals surface area contributed by atoms with E-state index < -0.39 is 0 Å². The first kappa shape index (κ1) is 23.7. The van der Waals surface area contributed by atoms with Crippen LogP contribution in [0.15, 0.2) is 73.1 Å². The van der Waals surface area contributed by atoms with Gasteiger partial charge in [-0.2, -0.15) is 0 Å². The zero-order chi connectivity index (χ0) is 24.9. The van der Waals surface area contributed by atoms with Gasteiger partial charge in [-0.1, -0.05) is 30.3 Å². The maximum absolute atomic E-state index is 13.3. The number of rotatable bonds is 7. The van der Waals surface area contributed by atoms with E-state index in [0.717, 1.165) is 65.4 Å². The summed E-state index contributed by atoms with van der Waals surface area (Å²) in [5.41, 5.74) is 3.92. The number of nitrogens with zero attached hydrogens (tertiary/aromatic N) is 4. The first-order valence-corrected chi connectivity index (χ1v) is 12.5. The Morgan fingerprint density at radius 2 is 1.75 bits per heavy atom. The highest BCUT2D eigenvalue weighted by Crippen LogP contribution is 2.28. The highest BCUT2D eigenvalue weighted by Gasteiger charge is 2.28. The molecule has 4 aromatic rings. The number of amides is 1. The molecular weight excluding hydrogens is 450 g/mol. The third kappa shape index (κ3) is 5.15. The molecule has 0 unspecified atom stereocenters. The second kappa shape index (κ2) is 10.7. The molecule has 1 aliphatic rings. The smallest absolute Gasteiger partial charge is 0.226 e. The predicted octanol–water partition coefficient (Wildman–Crippen LogP) is 4.85. The van der Waals surface area contributed by atoms with Gasteiger partial charge in [0, 0.05) is 36.8 Å². The zero-order valence-electron chi connectivity index (χ0n) is 20.7. The van der Waals surface area contributed by atoms with E-state index in [-0.39, 0.29) is 17.9 Å². The molecule has 1 saturated heterocycles. The van der Waals surface area contributed by atoms with E-state index in [0.29, 0.717) is 6.61 Å². The van der Waals surface area contributed by atoms with Gasteiger partial charge < -0.3 is 15.0 Å². The number of benzene rings is 2. The van der Waals surface area contributed by atoms with Gasteiger partial charge in [0.15, 0.2) is 0 Å². The molecule has 3 heterocycles. The summed E-state index contributed by atoms with van der Waals surface area (Å²) in [5.74, 6) is 1.59. The van der Waals surface area contributed by atoms with Gasteiger partial charge in [0.05, 0.1) is 23.9 Å². The monoisotopic (exact) mass is 481 g/mol. The molecule has 0 bridgehead atoms. The van der Waals surface area contributed by atoms with Crippen molar-refractivity contribution in [3.63, 3.8) is 0 Å². The van der Waals surface area contributed by atoms with Crippen LogP contribution in [-0.2, 0) is 4.79 Å². The summed E-state index contributed by atoms with van der Waals surface area (Å²) in [6, 6.07) is 19.7. The van der Waals surface area contributed by atoms with E-state index in [1.807, 2.05) is 74.5 Å². The van der Waals surface area contributed by atoms with Crippen molar-refractivity contribution in [2.45, 2.75) is 32.7 Å². The lowest BCUT2D eigenvalue weighted by Gasteiger charge is -2.32. The molecule has 7 heteroatoms. The van der Waals surface area contributed by atoms with Crippen molar-refractivity contribution in [2.75, 3.05) is 24.6 Å². The van der Waals surface area contributed by atoms with Gasteiger partial charge in [-0.3, -0.25) is 9.78 Å². The minimum Gasteiger partial charge on any atom is -0.494 e. The van der Waals surface area contributed by atoms with Gasteiger partial charge >= 0.3 is 0 Å². The van der Waals surface area contributed by atoms with Crippen molar-refractivity contribution in [1.82, 2.24) is 20.3 Å². The number of ether oxygens (including phenoxy) is 1. The Bertz CT molecular complexity index is 1280. The molecule has 36 heavy (non-hydrogen) atoms. The van der Waals surface area contributed by atoms with Crippen molar-refractivity contribution in [1.29, 1.82) is 0 Å². The molecule has 0 aliphatic carbocycles. The quantitative estimate of drug-likeness (QED) is 0.406. The summed E-state index contributed by atoms with van der Waals surface area (Å²) < 4.78 is 5.63. The zero-order valence-corrected chi connectivity index (χ0v) is 20.7. The van der Waals surface area contributed by atoms with E-state index in [9.17, 15) is 4.79 Å². The fraction of sp³-hybridized carbons (Fsp3) is 0.310. The van der Waals surface area contributed by atoms with Crippen LogP contribution in [0.25, 0.3) is 10.9 Å². The third-order valence-corrected chi connectivity index (χ3v) is 6.76. The lowest BCUT2D eigenvalue weighted by atomic mass is 9.94. The molecule has 1 fully saturated rings. The fourth-order valence-electron chi connectivity index (χ4n) is 4.81. The fourth-order valence-corrected chi connectivity index (χ4v) is 4.81. The Morgan fingerprint density at radius 3 is 2.47 bits per heavy atom. The number of carbonyl (C=O) groups excluding carboxylic acids is 1. The van der Waals surface area contributed by atoms with Crippen molar-refractivity contribution in [2.24, 2.45) is 5.92 Å². The molecule has 1 atom stereocenters. The van der Waals surface area contributed by atoms with Crippen molar-refractivity contribution < 1.29 is 9.53 Å². The molecule has 5 rings (SSSR count). The Morgan fingerprint density at radius 1 is 1.03 bits per heavy atom. The average Bonchev–Trinajstić information content (AvgIpc) is 2.93. The van der Waals surface area contributed by atoms with E-state index >= 15 is 0 Å². The van der Waals surface area contributed by atoms with Crippen LogP contribution in [-0.4, -0.2) is 40.6 Å². The largest absolute Gasteiger partial charge is 0.494 e. The van der Waals surface area contributed by atoms with Crippen LogP contribution in [0.2, 0.25) is 0 Å². The van der Waals surface area contributed by atoms with Crippen LogP contribution >= 0.6 is 0 Å². The molecule has 184 valence electrons. The Kier molecular flexibility index (Phi) is 7.07. The number of aryl methyl sites for hydroxylation is 1. The molecular formula is C29H31N5O2. The minimum absolute atomic E-state index is 0.0513. The molecule has 1 N–H and O–H groups in total. The van der Waals surface area contributed by atoms with Gasteiger partial charge in [0.2, 0.25) is 11.9 Å². The standard InChI is InChI=1S/C29H31N5O2/c1-3-36-24-9-10-26-25(19-24)20(2)31-29(32-26)34-17-13-23(14-18-34)28(35)33-27(21-7-5-4-6-8-21)22-11-15-30-16-12-22/h4-12,15-16,19,23,27H,3,13-14,17-18H2,1-2H3,(H,33,35)/t27-/m1/s1. The number of carbonyl (C=O) groups is 1. The van der Waals surface area contributed by atoms with E-state index in [1.54, 1.807) is 12.4 Å². The first-order chi connectivity index (χ1) is 17.6. The van der Waals surface area contributed by atoms with Gasteiger partial charge in [-0.05, 0) is 68.1 Å². The summed E-state index contributed by atoms with van der Waals surface area (Å²) in [4.78, 5) is 29.2. The highest BCUT2D eigenvalue weighted by molar-refractivity contribution is 5.83. The number of nitrogens with one attached hydrogen (secondary N) is 1. The van der Waals surface area contributed by atoms with Crippen molar-refractivity contribution >= 4 is 22.8 Å². The van der Waals surface area contributed by atoms with Gasteiger partial charge in [0.25, 0.3) is 0 Å².